The Morgan fingerprint density at radius 3 is 2.50 bits per heavy atom. The fourth-order valence-corrected chi connectivity index (χ4v) is 1.78. The number of nitrogens with zero attached hydrogens (tertiary/aromatic N) is 1. The van der Waals surface area contributed by atoms with E-state index < -0.39 is 0 Å². The fraction of sp³-hybridized carbons (Fsp3) is 0.643. The number of ether oxygens (including phenoxy) is 2. The molecule has 4 heteroatoms. The molecule has 1 aromatic rings. The zero-order chi connectivity index (χ0) is 13.5. The molecular formula is C14H24N2O2. The molecule has 0 saturated carbocycles. The van der Waals surface area contributed by atoms with Crippen LogP contribution in [-0.2, 0) is 11.3 Å². The van der Waals surface area contributed by atoms with E-state index in [0.717, 1.165) is 23.7 Å². The monoisotopic (exact) mass is 252 g/mol. The molecule has 1 atom stereocenters. The fourth-order valence-electron chi connectivity index (χ4n) is 1.78. The summed E-state index contributed by atoms with van der Waals surface area (Å²) in [4.78, 5) is 4.65. The Bertz CT molecular complexity index is 367. The second kappa shape index (κ2) is 7.34. The van der Waals surface area contributed by atoms with E-state index in [4.69, 9.17) is 9.47 Å². The third kappa shape index (κ3) is 4.27. The molecule has 1 heterocycles. The highest BCUT2D eigenvalue weighted by Gasteiger charge is 2.10. The van der Waals surface area contributed by atoms with Crippen LogP contribution in [-0.4, -0.2) is 31.9 Å². The molecule has 0 saturated heterocycles. The van der Waals surface area contributed by atoms with Gasteiger partial charge in [-0.25, -0.2) is 0 Å². The summed E-state index contributed by atoms with van der Waals surface area (Å²) in [6.07, 6.45) is 0. The van der Waals surface area contributed by atoms with Gasteiger partial charge in [0.25, 0.3) is 0 Å². The van der Waals surface area contributed by atoms with E-state index in [1.807, 2.05) is 12.1 Å². The van der Waals surface area contributed by atoms with Crippen molar-refractivity contribution in [3.05, 3.63) is 23.5 Å². The summed E-state index contributed by atoms with van der Waals surface area (Å²) in [5.74, 6) is 1.22. The second-order valence-corrected chi connectivity index (χ2v) is 4.78. The van der Waals surface area contributed by atoms with Crippen molar-refractivity contribution in [3.63, 3.8) is 0 Å². The maximum absolute atomic E-state index is 5.32. The van der Waals surface area contributed by atoms with E-state index in [-0.39, 0.29) is 0 Å². The molecule has 1 aromatic heterocycles. The summed E-state index contributed by atoms with van der Waals surface area (Å²) in [7, 11) is 3.39. The van der Waals surface area contributed by atoms with Crippen LogP contribution in [0.2, 0.25) is 0 Å². The molecule has 1 N–H and O–H groups in total. The lowest BCUT2D eigenvalue weighted by Crippen LogP contribution is -2.30. The summed E-state index contributed by atoms with van der Waals surface area (Å²) in [5, 5.41) is 3.38. The molecular weight excluding hydrogens is 228 g/mol. The summed E-state index contributed by atoms with van der Waals surface area (Å²) in [6, 6.07) is 4.30. The molecule has 0 radical (unpaired) electrons. The molecule has 1 rings (SSSR count). The van der Waals surface area contributed by atoms with Crippen LogP contribution in [0.15, 0.2) is 12.1 Å². The van der Waals surface area contributed by atoms with E-state index in [9.17, 15) is 0 Å². The first-order chi connectivity index (χ1) is 8.58. The maximum Gasteiger partial charge on any atom is 0.140 e. The van der Waals surface area contributed by atoms with Crippen LogP contribution in [0.1, 0.15) is 38.1 Å². The predicted molar refractivity (Wildman–Crippen MR) is 73.1 cm³/mol. The molecule has 0 amide bonds. The predicted octanol–water partition coefficient (Wildman–Crippen LogP) is 2.34. The van der Waals surface area contributed by atoms with Gasteiger partial charge in [-0.3, -0.25) is 4.98 Å². The molecule has 0 unspecified atom stereocenters. The van der Waals surface area contributed by atoms with Crippen molar-refractivity contribution >= 4 is 0 Å². The van der Waals surface area contributed by atoms with Gasteiger partial charge in [0.2, 0.25) is 0 Å². The zero-order valence-electron chi connectivity index (χ0n) is 12.0. The molecule has 0 aromatic carbocycles. The van der Waals surface area contributed by atoms with Gasteiger partial charge in [0, 0.05) is 19.7 Å². The third-order valence-corrected chi connectivity index (χ3v) is 2.76. The van der Waals surface area contributed by atoms with E-state index >= 15 is 0 Å². The van der Waals surface area contributed by atoms with Crippen LogP contribution in [0.4, 0.5) is 0 Å². The average molecular weight is 252 g/mol. The van der Waals surface area contributed by atoms with Crippen molar-refractivity contribution < 1.29 is 9.47 Å². The van der Waals surface area contributed by atoms with Crippen molar-refractivity contribution in [3.8, 4) is 5.75 Å². The number of rotatable bonds is 7. The number of hydrogen-bond donors (Lipinski definition) is 1. The minimum atomic E-state index is 0.321. The number of aromatic nitrogens is 1. The van der Waals surface area contributed by atoms with Gasteiger partial charge in [-0.15, -0.1) is 0 Å². The van der Waals surface area contributed by atoms with Gasteiger partial charge in [-0.05, 0) is 25.0 Å². The van der Waals surface area contributed by atoms with Crippen molar-refractivity contribution in [2.75, 3.05) is 20.8 Å². The highest BCUT2D eigenvalue weighted by Crippen LogP contribution is 2.24. The molecule has 0 bridgehead atoms. The average Bonchev–Trinajstić information content (AvgIpc) is 2.36. The Morgan fingerprint density at radius 1 is 1.22 bits per heavy atom. The molecule has 0 aliphatic heterocycles. The van der Waals surface area contributed by atoms with Crippen molar-refractivity contribution in [1.82, 2.24) is 10.3 Å². The topological polar surface area (TPSA) is 43.4 Å². The lowest BCUT2D eigenvalue weighted by Gasteiger charge is -2.15. The maximum atomic E-state index is 5.32. The first-order valence-corrected chi connectivity index (χ1v) is 6.34. The molecule has 0 aliphatic carbocycles. The molecule has 0 spiro atoms. The van der Waals surface area contributed by atoms with Crippen LogP contribution in [0.5, 0.6) is 5.75 Å². The van der Waals surface area contributed by atoms with Crippen molar-refractivity contribution in [2.24, 2.45) is 0 Å². The molecule has 4 nitrogen and oxygen atoms in total. The normalized spacial score (nSPS) is 12.8. The van der Waals surface area contributed by atoms with Crippen molar-refractivity contribution in [2.45, 2.75) is 39.3 Å². The van der Waals surface area contributed by atoms with E-state index in [1.165, 1.54) is 0 Å². The Morgan fingerprint density at radius 2 is 1.94 bits per heavy atom. The van der Waals surface area contributed by atoms with Gasteiger partial charge in [0.1, 0.15) is 5.75 Å². The van der Waals surface area contributed by atoms with Gasteiger partial charge in [0.05, 0.1) is 25.1 Å². The Kier molecular flexibility index (Phi) is 6.09. The molecule has 18 heavy (non-hydrogen) atoms. The van der Waals surface area contributed by atoms with Crippen LogP contribution in [0.3, 0.4) is 0 Å². The van der Waals surface area contributed by atoms with Gasteiger partial charge >= 0.3 is 0 Å². The molecule has 0 fully saturated rings. The van der Waals surface area contributed by atoms with Crippen molar-refractivity contribution in [1.29, 1.82) is 0 Å². The molecule has 102 valence electrons. The Labute approximate surface area is 110 Å². The first-order valence-electron chi connectivity index (χ1n) is 6.34. The van der Waals surface area contributed by atoms with Crippen LogP contribution in [0, 0.1) is 0 Å². The van der Waals surface area contributed by atoms with Crippen LogP contribution >= 0.6 is 0 Å². The highest BCUT2D eigenvalue weighted by atomic mass is 16.5. The minimum Gasteiger partial charge on any atom is -0.495 e. The van der Waals surface area contributed by atoms with Gasteiger partial charge < -0.3 is 14.8 Å². The molecule has 0 aliphatic rings. The van der Waals surface area contributed by atoms with E-state index in [1.54, 1.807) is 14.2 Å². The lowest BCUT2D eigenvalue weighted by molar-refractivity contribution is 0.171. The van der Waals surface area contributed by atoms with E-state index in [0.29, 0.717) is 18.6 Å². The summed E-state index contributed by atoms with van der Waals surface area (Å²) in [5.41, 5.74) is 2.04. The third-order valence-electron chi connectivity index (χ3n) is 2.76. The lowest BCUT2D eigenvalue weighted by atomic mass is 10.1. The first kappa shape index (κ1) is 14.9. The van der Waals surface area contributed by atoms with Crippen LogP contribution in [0.25, 0.3) is 0 Å². The zero-order valence-corrected chi connectivity index (χ0v) is 12.0. The smallest absolute Gasteiger partial charge is 0.140 e. The van der Waals surface area contributed by atoms with Gasteiger partial charge in [0.15, 0.2) is 0 Å². The van der Waals surface area contributed by atoms with E-state index in [2.05, 4.69) is 31.1 Å². The highest BCUT2D eigenvalue weighted by molar-refractivity contribution is 5.31. The summed E-state index contributed by atoms with van der Waals surface area (Å²) in [6.45, 7) is 7.78. The second-order valence-electron chi connectivity index (χ2n) is 4.78. The number of nitrogens with one attached hydrogen (secondary N) is 1. The van der Waals surface area contributed by atoms with Gasteiger partial charge in [-0.1, -0.05) is 13.8 Å². The number of pyridine rings is 1. The quantitative estimate of drug-likeness (QED) is 0.809. The summed E-state index contributed by atoms with van der Waals surface area (Å²) >= 11 is 0. The Balaban J connectivity index is 2.70. The Hall–Kier alpha value is -1.13. The SMILES string of the molecule is COC[C@H](C)NCc1ccc(OC)c(C(C)C)n1. The van der Waals surface area contributed by atoms with Gasteiger partial charge in [-0.2, -0.15) is 0 Å². The summed E-state index contributed by atoms with van der Waals surface area (Å²) < 4.78 is 10.4. The minimum absolute atomic E-state index is 0.321. The number of hydrogen-bond acceptors (Lipinski definition) is 4. The number of methoxy groups -OCH3 is 2. The standard InChI is InChI=1S/C14H24N2O2/c1-10(2)14-13(18-5)7-6-12(16-14)8-15-11(3)9-17-4/h6-7,10-11,15H,8-9H2,1-5H3/t11-/m0/s1. The largest absolute Gasteiger partial charge is 0.495 e. The van der Waals surface area contributed by atoms with Crippen LogP contribution < -0.4 is 10.1 Å².